The first-order chi connectivity index (χ1) is 13.3. The lowest BCUT2D eigenvalue weighted by molar-refractivity contribution is 0.0184. The number of sulfonamides is 1. The van der Waals surface area contributed by atoms with Crippen LogP contribution in [0.1, 0.15) is 25.8 Å². The molecule has 2 saturated heterocycles. The maximum absolute atomic E-state index is 13.1. The van der Waals surface area contributed by atoms with Gasteiger partial charge in [0.15, 0.2) is 0 Å². The number of fused-ring (bicyclic) bond motifs is 1. The molecule has 3 unspecified atom stereocenters. The number of aromatic hydroxyl groups is 1. The second kappa shape index (κ2) is 7.17. The molecule has 0 bridgehead atoms. The van der Waals surface area contributed by atoms with E-state index in [1.807, 2.05) is 18.2 Å². The van der Waals surface area contributed by atoms with Crippen LogP contribution in [0.2, 0.25) is 0 Å². The van der Waals surface area contributed by atoms with Gasteiger partial charge >= 0.3 is 0 Å². The number of rotatable bonds is 3. The fraction of sp³-hybridized carbons (Fsp3) is 0.455. The molecule has 0 aliphatic carbocycles. The van der Waals surface area contributed by atoms with Crippen molar-refractivity contribution in [2.75, 3.05) is 26.2 Å². The lowest BCUT2D eigenvalue weighted by Gasteiger charge is -2.52. The van der Waals surface area contributed by atoms with Crippen molar-refractivity contribution in [1.82, 2.24) is 9.21 Å². The van der Waals surface area contributed by atoms with Gasteiger partial charge in [0, 0.05) is 32.2 Å². The minimum Gasteiger partial charge on any atom is -0.508 e. The van der Waals surface area contributed by atoms with E-state index in [4.69, 9.17) is 0 Å². The first kappa shape index (κ1) is 19.4. The van der Waals surface area contributed by atoms with E-state index in [0.29, 0.717) is 23.9 Å². The van der Waals surface area contributed by atoms with Crippen molar-refractivity contribution >= 4 is 10.0 Å². The Morgan fingerprint density at radius 3 is 2.50 bits per heavy atom. The van der Waals surface area contributed by atoms with Crippen molar-refractivity contribution in [2.24, 2.45) is 5.92 Å². The zero-order valence-electron chi connectivity index (χ0n) is 16.5. The second-order valence-corrected chi connectivity index (χ2v) is 10.3. The average molecular weight is 401 g/mol. The van der Waals surface area contributed by atoms with Crippen molar-refractivity contribution in [3.05, 3.63) is 60.2 Å². The molecule has 2 aliphatic heterocycles. The van der Waals surface area contributed by atoms with E-state index in [-0.39, 0.29) is 17.2 Å². The molecule has 1 N–H and O–H groups in total. The van der Waals surface area contributed by atoms with Gasteiger partial charge in [-0.1, -0.05) is 44.2 Å². The third-order valence-electron chi connectivity index (χ3n) is 6.71. The van der Waals surface area contributed by atoms with Gasteiger partial charge in [-0.2, -0.15) is 4.31 Å². The Labute approximate surface area is 167 Å². The van der Waals surface area contributed by atoms with E-state index >= 15 is 0 Å². The quantitative estimate of drug-likeness (QED) is 0.860. The highest BCUT2D eigenvalue weighted by atomic mass is 32.2. The normalized spacial score (nSPS) is 29.4. The molecule has 3 atom stereocenters. The van der Waals surface area contributed by atoms with Gasteiger partial charge < -0.3 is 5.11 Å². The van der Waals surface area contributed by atoms with Crippen molar-refractivity contribution in [3.63, 3.8) is 0 Å². The molecular formula is C22H28N2O3S. The highest BCUT2D eigenvalue weighted by Crippen LogP contribution is 2.43. The number of hydrogen-bond donors (Lipinski definition) is 1. The van der Waals surface area contributed by atoms with Crippen molar-refractivity contribution in [2.45, 2.75) is 36.6 Å². The van der Waals surface area contributed by atoms with Crippen LogP contribution in [0.3, 0.4) is 0 Å². The minimum absolute atomic E-state index is 0.0978. The molecule has 5 nitrogen and oxygen atoms in total. The molecule has 4 rings (SSSR count). The fourth-order valence-electron chi connectivity index (χ4n) is 4.77. The van der Waals surface area contributed by atoms with Gasteiger partial charge in [-0.05, 0) is 47.6 Å². The molecular weight excluding hydrogens is 372 g/mol. The highest BCUT2D eigenvalue weighted by molar-refractivity contribution is 7.89. The monoisotopic (exact) mass is 400 g/mol. The standard InChI is InChI=1S/C22H28N2O3S/c1-17-15-23-11-12-24(28(26,27)21-9-4-3-5-10-21)16-19(23)14-22(17,2)18-7-6-8-20(25)13-18/h3-10,13,17,19,25H,11-12,14-16H2,1-2H3. The maximum Gasteiger partial charge on any atom is 0.243 e. The number of nitrogens with zero attached hydrogens (tertiary/aromatic N) is 2. The van der Waals surface area contributed by atoms with Gasteiger partial charge in [-0.3, -0.25) is 4.90 Å². The zero-order valence-corrected chi connectivity index (χ0v) is 17.3. The fourth-order valence-corrected chi connectivity index (χ4v) is 6.26. The molecule has 0 saturated carbocycles. The largest absolute Gasteiger partial charge is 0.508 e. The summed E-state index contributed by atoms with van der Waals surface area (Å²) in [6.45, 7) is 7.25. The maximum atomic E-state index is 13.1. The Kier molecular flexibility index (Phi) is 4.98. The summed E-state index contributed by atoms with van der Waals surface area (Å²) in [6, 6.07) is 16.4. The summed E-state index contributed by atoms with van der Waals surface area (Å²) in [5.74, 6) is 0.702. The Hall–Kier alpha value is -1.89. The van der Waals surface area contributed by atoms with E-state index in [0.717, 1.165) is 25.1 Å². The number of piperazine rings is 1. The van der Waals surface area contributed by atoms with Gasteiger partial charge in [-0.25, -0.2) is 8.42 Å². The van der Waals surface area contributed by atoms with Crippen LogP contribution in [0.25, 0.3) is 0 Å². The molecule has 2 aromatic carbocycles. The summed E-state index contributed by atoms with van der Waals surface area (Å²) in [5.41, 5.74) is 1.03. The van der Waals surface area contributed by atoms with Crippen LogP contribution in [0.15, 0.2) is 59.5 Å². The van der Waals surface area contributed by atoms with Gasteiger partial charge in [0.05, 0.1) is 4.90 Å². The summed E-state index contributed by atoms with van der Waals surface area (Å²) in [6.07, 6.45) is 0.873. The summed E-state index contributed by atoms with van der Waals surface area (Å²) < 4.78 is 27.8. The van der Waals surface area contributed by atoms with Crippen molar-refractivity contribution < 1.29 is 13.5 Å². The smallest absolute Gasteiger partial charge is 0.243 e. The van der Waals surface area contributed by atoms with E-state index in [1.54, 1.807) is 34.6 Å². The molecule has 0 aromatic heterocycles. The van der Waals surface area contributed by atoms with Crippen LogP contribution in [-0.2, 0) is 15.4 Å². The van der Waals surface area contributed by atoms with E-state index in [2.05, 4.69) is 24.8 Å². The van der Waals surface area contributed by atoms with Crippen molar-refractivity contribution in [1.29, 1.82) is 0 Å². The number of phenols is 1. The molecule has 150 valence electrons. The van der Waals surface area contributed by atoms with Crippen LogP contribution in [0, 0.1) is 5.92 Å². The van der Waals surface area contributed by atoms with Crippen LogP contribution < -0.4 is 0 Å². The molecule has 2 aliphatic rings. The molecule has 6 heteroatoms. The Morgan fingerprint density at radius 1 is 1.04 bits per heavy atom. The predicted molar refractivity (Wildman–Crippen MR) is 110 cm³/mol. The molecule has 0 amide bonds. The summed E-state index contributed by atoms with van der Waals surface area (Å²) >= 11 is 0. The SMILES string of the molecule is CC1CN2CCN(S(=O)(=O)c3ccccc3)CC2CC1(C)c1cccc(O)c1. The van der Waals surface area contributed by atoms with Crippen molar-refractivity contribution in [3.8, 4) is 5.75 Å². The Balaban J connectivity index is 1.59. The summed E-state index contributed by atoms with van der Waals surface area (Å²) in [5, 5.41) is 9.95. The topological polar surface area (TPSA) is 60.9 Å². The van der Waals surface area contributed by atoms with Crippen LogP contribution in [0.4, 0.5) is 0 Å². The molecule has 0 radical (unpaired) electrons. The Bertz CT molecular complexity index is 947. The molecule has 2 fully saturated rings. The molecule has 28 heavy (non-hydrogen) atoms. The third-order valence-corrected chi connectivity index (χ3v) is 8.59. The van der Waals surface area contributed by atoms with E-state index in [9.17, 15) is 13.5 Å². The van der Waals surface area contributed by atoms with Gasteiger partial charge in [0.2, 0.25) is 10.0 Å². The van der Waals surface area contributed by atoms with Crippen LogP contribution in [-0.4, -0.2) is 55.0 Å². The summed E-state index contributed by atoms with van der Waals surface area (Å²) in [4.78, 5) is 2.80. The number of piperidine rings is 1. The van der Waals surface area contributed by atoms with E-state index in [1.165, 1.54) is 0 Å². The second-order valence-electron chi connectivity index (χ2n) is 8.40. The lowest BCUT2D eigenvalue weighted by atomic mass is 9.65. The first-order valence-electron chi connectivity index (χ1n) is 9.89. The van der Waals surface area contributed by atoms with Crippen LogP contribution in [0.5, 0.6) is 5.75 Å². The van der Waals surface area contributed by atoms with E-state index < -0.39 is 10.0 Å². The minimum atomic E-state index is -3.47. The van der Waals surface area contributed by atoms with Crippen LogP contribution >= 0.6 is 0 Å². The summed E-state index contributed by atoms with van der Waals surface area (Å²) in [7, 11) is -3.47. The van der Waals surface area contributed by atoms with Gasteiger partial charge in [0.25, 0.3) is 0 Å². The molecule has 2 heterocycles. The zero-order chi connectivity index (χ0) is 19.9. The number of hydrogen-bond acceptors (Lipinski definition) is 4. The number of phenolic OH excluding ortho intramolecular Hbond substituents is 1. The highest BCUT2D eigenvalue weighted by Gasteiger charge is 2.46. The number of benzene rings is 2. The van der Waals surface area contributed by atoms with Gasteiger partial charge in [0.1, 0.15) is 5.75 Å². The average Bonchev–Trinajstić information content (AvgIpc) is 2.69. The third kappa shape index (κ3) is 3.34. The predicted octanol–water partition coefficient (Wildman–Crippen LogP) is 3.06. The molecule has 0 spiro atoms. The van der Waals surface area contributed by atoms with Gasteiger partial charge in [-0.15, -0.1) is 0 Å². The molecule has 2 aromatic rings. The first-order valence-corrected chi connectivity index (χ1v) is 11.3. The Morgan fingerprint density at radius 2 is 1.79 bits per heavy atom. The lowest BCUT2D eigenvalue weighted by Crippen LogP contribution is -2.61.